The van der Waals surface area contributed by atoms with E-state index < -0.39 is 10.0 Å². The molecule has 1 unspecified atom stereocenters. The molecule has 1 N–H and O–H groups in total. The predicted molar refractivity (Wildman–Crippen MR) is 91.1 cm³/mol. The average molecular weight is 345 g/mol. The Morgan fingerprint density at radius 2 is 1.62 bits per heavy atom. The summed E-state index contributed by atoms with van der Waals surface area (Å²) in [7, 11) is -3.74. The van der Waals surface area contributed by atoms with Gasteiger partial charge < -0.3 is 0 Å². The van der Waals surface area contributed by atoms with Gasteiger partial charge in [-0.25, -0.2) is 17.8 Å². The molecule has 0 aliphatic heterocycles. The first-order valence-corrected chi connectivity index (χ1v) is 9.20. The molecule has 0 fully saturated rings. The smallest absolute Gasteiger partial charge is 0.243 e. The van der Waals surface area contributed by atoms with Crippen LogP contribution in [-0.4, -0.2) is 18.7 Å². The summed E-state index contributed by atoms with van der Waals surface area (Å²) < 4.78 is 32.7. The van der Waals surface area contributed by atoms with Crippen LogP contribution in [0.25, 0.3) is 11.0 Å². The van der Waals surface area contributed by atoms with Gasteiger partial charge in [-0.2, -0.15) is 0 Å². The number of nitrogens with one attached hydrogen (secondary N) is 1. The number of nitrogens with zero attached hydrogens (tertiary/aromatic N) is 2. The Labute approximate surface area is 140 Å². The van der Waals surface area contributed by atoms with Crippen LogP contribution in [0.15, 0.2) is 52.0 Å². The lowest BCUT2D eigenvalue weighted by atomic mass is 10.00. The molecule has 1 heterocycles. The quantitative estimate of drug-likeness (QED) is 0.766. The Hall–Kier alpha value is -2.25. The second-order valence-electron chi connectivity index (χ2n) is 6.05. The summed E-state index contributed by atoms with van der Waals surface area (Å²) in [4.78, 5) is 0.0619. The topological polar surface area (TPSA) is 85.1 Å². The SMILES string of the molecule is CC(C)c1ccc(C(C)NS(=O)(=O)c2cccc3nonc23)cc1. The number of hydrogen-bond donors (Lipinski definition) is 1. The van der Waals surface area contributed by atoms with Gasteiger partial charge >= 0.3 is 0 Å². The van der Waals surface area contributed by atoms with Gasteiger partial charge in [0.15, 0.2) is 5.52 Å². The Bertz CT molecular complexity index is 947. The molecule has 0 aliphatic carbocycles. The number of rotatable bonds is 5. The van der Waals surface area contributed by atoms with Crippen LogP contribution < -0.4 is 4.72 Å². The van der Waals surface area contributed by atoms with Crippen LogP contribution in [-0.2, 0) is 10.0 Å². The van der Waals surface area contributed by atoms with Crippen LogP contribution in [0.3, 0.4) is 0 Å². The van der Waals surface area contributed by atoms with Crippen molar-refractivity contribution in [2.24, 2.45) is 0 Å². The van der Waals surface area contributed by atoms with Gasteiger partial charge in [0.2, 0.25) is 10.0 Å². The van der Waals surface area contributed by atoms with Crippen molar-refractivity contribution in [1.82, 2.24) is 15.0 Å². The van der Waals surface area contributed by atoms with Crippen LogP contribution in [0.5, 0.6) is 0 Å². The second kappa shape index (κ2) is 6.33. The maximum atomic E-state index is 12.7. The fourth-order valence-electron chi connectivity index (χ4n) is 2.53. The first-order valence-electron chi connectivity index (χ1n) is 7.72. The Morgan fingerprint density at radius 3 is 2.29 bits per heavy atom. The molecule has 2 aromatic carbocycles. The molecular formula is C17H19N3O3S. The van der Waals surface area contributed by atoms with Crippen molar-refractivity contribution in [2.75, 3.05) is 0 Å². The number of benzene rings is 2. The summed E-state index contributed by atoms with van der Waals surface area (Å²) in [5, 5.41) is 7.37. The molecule has 3 rings (SSSR count). The monoisotopic (exact) mass is 345 g/mol. The van der Waals surface area contributed by atoms with E-state index in [1.54, 1.807) is 12.1 Å². The standard InChI is InChI=1S/C17H19N3O3S/c1-11(2)13-7-9-14(10-8-13)12(3)20-24(21,22)16-6-4-5-15-17(16)19-23-18-15/h4-12,20H,1-3H3. The van der Waals surface area contributed by atoms with E-state index >= 15 is 0 Å². The minimum absolute atomic E-state index is 0.0619. The molecule has 0 radical (unpaired) electrons. The van der Waals surface area contributed by atoms with Gasteiger partial charge in [0.1, 0.15) is 10.4 Å². The second-order valence-corrected chi connectivity index (χ2v) is 7.73. The van der Waals surface area contributed by atoms with E-state index in [0.29, 0.717) is 11.4 Å². The van der Waals surface area contributed by atoms with Gasteiger partial charge in [-0.15, -0.1) is 0 Å². The molecule has 1 aromatic heterocycles. The molecule has 3 aromatic rings. The number of hydrogen-bond acceptors (Lipinski definition) is 5. The largest absolute Gasteiger partial charge is 0.243 e. The molecule has 0 aliphatic rings. The third-order valence-electron chi connectivity index (χ3n) is 3.97. The molecule has 0 bridgehead atoms. The van der Waals surface area contributed by atoms with E-state index in [4.69, 9.17) is 0 Å². The third kappa shape index (κ3) is 3.18. The van der Waals surface area contributed by atoms with Crippen molar-refractivity contribution in [1.29, 1.82) is 0 Å². The van der Waals surface area contributed by atoms with E-state index in [1.165, 1.54) is 11.6 Å². The van der Waals surface area contributed by atoms with Crippen molar-refractivity contribution >= 4 is 21.1 Å². The van der Waals surface area contributed by atoms with Gasteiger partial charge in [-0.1, -0.05) is 44.2 Å². The highest BCUT2D eigenvalue weighted by Gasteiger charge is 2.23. The van der Waals surface area contributed by atoms with Crippen LogP contribution in [0.2, 0.25) is 0 Å². The molecule has 7 heteroatoms. The zero-order valence-corrected chi connectivity index (χ0v) is 14.5. The molecule has 0 amide bonds. The van der Waals surface area contributed by atoms with Crippen molar-refractivity contribution in [3.8, 4) is 0 Å². The molecule has 1 atom stereocenters. The summed E-state index contributed by atoms with van der Waals surface area (Å²) >= 11 is 0. The first kappa shape index (κ1) is 16.6. The summed E-state index contributed by atoms with van der Waals surface area (Å²) in [6.07, 6.45) is 0. The summed E-state index contributed by atoms with van der Waals surface area (Å²) in [5.74, 6) is 0.434. The Morgan fingerprint density at radius 1 is 0.958 bits per heavy atom. The van der Waals surface area contributed by atoms with E-state index in [9.17, 15) is 8.42 Å². The Balaban J connectivity index is 1.87. The summed E-state index contributed by atoms with van der Waals surface area (Å²) in [6.45, 7) is 6.05. The van der Waals surface area contributed by atoms with Crippen LogP contribution in [0.1, 0.15) is 43.9 Å². The summed E-state index contributed by atoms with van der Waals surface area (Å²) in [5.41, 5.74) is 2.75. The highest BCUT2D eigenvalue weighted by molar-refractivity contribution is 7.89. The predicted octanol–water partition coefficient (Wildman–Crippen LogP) is 3.39. The molecule has 126 valence electrons. The van der Waals surface area contributed by atoms with Gasteiger partial charge in [0.25, 0.3) is 0 Å². The molecule has 24 heavy (non-hydrogen) atoms. The number of aromatic nitrogens is 2. The average Bonchev–Trinajstić information content (AvgIpc) is 3.02. The summed E-state index contributed by atoms with van der Waals surface area (Å²) in [6, 6.07) is 12.3. The van der Waals surface area contributed by atoms with E-state index in [1.807, 2.05) is 31.2 Å². The van der Waals surface area contributed by atoms with Crippen molar-refractivity contribution in [2.45, 2.75) is 37.6 Å². The highest BCUT2D eigenvalue weighted by atomic mass is 32.2. The Kier molecular flexibility index (Phi) is 4.38. The minimum atomic E-state index is -3.74. The maximum absolute atomic E-state index is 12.7. The van der Waals surface area contributed by atoms with Crippen molar-refractivity contribution in [3.05, 3.63) is 53.6 Å². The minimum Gasteiger partial charge on any atom is -0.243 e. The maximum Gasteiger partial charge on any atom is 0.243 e. The fourth-order valence-corrected chi connectivity index (χ4v) is 3.91. The normalized spacial score (nSPS) is 13.5. The lowest BCUT2D eigenvalue weighted by Crippen LogP contribution is -2.27. The van der Waals surface area contributed by atoms with Gasteiger partial charge in [0, 0.05) is 6.04 Å². The number of fused-ring (bicyclic) bond motifs is 1. The molecule has 0 saturated heterocycles. The lowest BCUT2D eigenvalue weighted by molar-refractivity contribution is 0.315. The lowest BCUT2D eigenvalue weighted by Gasteiger charge is -2.16. The van der Waals surface area contributed by atoms with E-state index in [0.717, 1.165) is 5.56 Å². The molecule has 0 spiro atoms. The van der Waals surface area contributed by atoms with E-state index in [-0.39, 0.29) is 16.5 Å². The number of sulfonamides is 1. The van der Waals surface area contributed by atoms with Crippen LogP contribution in [0.4, 0.5) is 0 Å². The van der Waals surface area contributed by atoms with Gasteiger partial charge in [-0.05, 0) is 46.4 Å². The zero-order valence-electron chi connectivity index (χ0n) is 13.7. The van der Waals surface area contributed by atoms with Crippen LogP contribution >= 0.6 is 0 Å². The van der Waals surface area contributed by atoms with Gasteiger partial charge in [-0.3, -0.25) is 0 Å². The molecule has 6 nitrogen and oxygen atoms in total. The first-order chi connectivity index (χ1) is 11.4. The van der Waals surface area contributed by atoms with Crippen molar-refractivity contribution < 1.29 is 13.0 Å². The van der Waals surface area contributed by atoms with Crippen molar-refractivity contribution in [3.63, 3.8) is 0 Å². The zero-order chi connectivity index (χ0) is 17.3. The fraction of sp³-hybridized carbons (Fsp3) is 0.294. The van der Waals surface area contributed by atoms with E-state index in [2.05, 4.69) is 33.5 Å². The molecular weight excluding hydrogens is 326 g/mol. The third-order valence-corrected chi connectivity index (χ3v) is 5.55. The van der Waals surface area contributed by atoms with Gasteiger partial charge in [0.05, 0.1) is 0 Å². The highest BCUT2D eigenvalue weighted by Crippen LogP contribution is 2.23. The van der Waals surface area contributed by atoms with Crippen LogP contribution in [0, 0.1) is 0 Å². The molecule has 0 saturated carbocycles.